The van der Waals surface area contributed by atoms with Gasteiger partial charge in [0.25, 0.3) is 5.91 Å². The predicted molar refractivity (Wildman–Crippen MR) is 178 cm³/mol. The number of amides is 1. The average molecular weight is 612 g/mol. The number of unbranched alkanes of at least 4 members (excludes halogenated alkanes) is 1. The van der Waals surface area contributed by atoms with E-state index in [0.29, 0.717) is 41.4 Å². The molecule has 5 rings (SSSR count). The maximum Gasteiger partial charge on any atom is 0.255 e. The highest BCUT2D eigenvalue weighted by Crippen LogP contribution is 2.40. The molecule has 0 fully saturated rings. The van der Waals surface area contributed by atoms with Crippen molar-refractivity contribution in [1.82, 2.24) is 14.8 Å². The van der Waals surface area contributed by atoms with Gasteiger partial charge in [0.15, 0.2) is 11.5 Å². The fourth-order valence-electron chi connectivity index (χ4n) is 5.19. The van der Waals surface area contributed by atoms with Crippen molar-refractivity contribution in [3.63, 3.8) is 0 Å². The van der Waals surface area contributed by atoms with Crippen molar-refractivity contribution in [2.45, 2.75) is 72.2 Å². The Hall–Kier alpha value is -4.24. The summed E-state index contributed by atoms with van der Waals surface area (Å²) in [5, 5.41) is 12.1. The van der Waals surface area contributed by atoms with Gasteiger partial charge < -0.3 is 20.1 Å². The number of aryl methyl sites for hydroxylation is 2. The lowest BCUT2D eigenvalue weighted by Gasteiger charge is -2.29. The molecule has 0 spiro atoms. The Morgan fingerprint density at radius 2 is 1.77 bits per heavy atom. The largest absolute Gasteiger partial charge is 0.490 e. The van der Waals surface area contributed by atoms with Gasteiger partial charge in [0.2, 0.25) is 11.1 Å². The van der Waals surface area contributed by atoms with Gasteiger partial charge in [-0.1, -0.05) is 67.6 Å². The minimum absolute atomic E-state index is 0.201. The van der Waals surface area contributed by atoms with Crippen LogP contribution in [-0.2, 0) is 11.4 Å². The number of hydrogen-bond donors (Lipinski definition) is 2. The number of ether oxygens (including phenoxy) is 2. The van der Waals surface area contributed by atoms with Crippen LogP contribution in [0.2, 0.25) is 0 Å². The highest BCUT2D eigenvalue weighted by atomic mass is 32.2. The SMILES string of the molecule is CCCCSc1nc2n(n1)C(c1ccc(OCc3ccccc3C)c(OCC)c1)C(C(=O)Nc1cccc(C)c1C)=C(C)N2. The third kappa shape index (κ3) is 6.78. The third-order valence-corrected chi connectivity index (χ3v) is 8.81. The number of hydrogen-bond acceptors (Lipinski definition) is 7. The molecule has 0 aliphatic carbocycles. The van der Waals surface area contributed by atoms with Crippen molar-refractivity contribution in [2.75, 3.05) is 23.0 Å². The first-order valence-corrected chi connectivity index (χ1v) is 16.2. The van der Waals surface area contributed by atoms with Crippen molar-refractivity contribution in [3.8, 4) is 11.5 Å². The van der Waals surface area contributed by atoms with Gasteiger partial charge in [0, 0.05) is 17.1 Å². The number of allylic oxidation sites excluding steroid dienone is 1. The summed E-state index contributed by atoms with van der Waals surface area (Å²) in [7, 11) is 0. The second kappa shape index (κ2) is 14.0. The summed E-state index contributed by atoms with van der Waals surface area (Å²) >= 11 is 1.63. The van der Waals surface area contributed by atoms with Gasteiger partial charge in [-0.05, 0) is 87.1 Å². The quantitative estimate of drug-likeness (QED) is 0.124. The minimum atomic E-state index is -0.533. The van der Waals surface area contributed by atoms with E-state index in [0.717, 1.165) is 52.2 Å². The minimum Gasteiger partial charge on any atom is -0.490 e. The van der Waals surface area contributed by atoms with Gasteiger partial charge in [-0.25, -0.2) is 4.68 Å². The Morgan fingerprint density at radius 3 is 2.55 bits per heavy atom. The molecule has 2 heterocycles. The molecule has 0 saturated carbocycles. The average Bonchev–Trinajstić information content (AvgIpc) is 3.41. The molecule has 2 N–H and O–H groups in total. The van der Waals surface area contributed by atoms with Crippen LogP contribution in [0.3, 0.4) is 0 Å². The molecule has 1 amide bonds. The number of nitrogens with zero attached hydrogens (tertiary/aromatic N) is 3. The van der Waals surface area contributed by atoms with Crippen LogP contribution in [-0.4, -0.2) is 33.0 Å². The van der Waals surface area contributed by atoms with Crippen LogP contribution in [0.5, 0.6) is 11.5 Å². The van der Waals surface area contributed by atoms with Crippen LogP contribution in [0.15, 0.2) is 77.1 Å². The first-order chi connectivity index (χ1) is 21.3. The maximum absolute atomic E-state index is 14.1. The summed E-state index contributed by atoms with van der Waals surface area (Å²) in [5.41, 5.74) is 7.34. The van der Waals surface area contributed by atoms with Crippen molar-refractivity contribution in [3.05, 3.63) is 99.8 Å². The molecule has 9 heteroatoms. The second-order valence-corrected chi connectivity index (χ2v) is 12.0. The smallest absolute Gasteiger partial charge is 0.255 e. The van der Waals surface area contributed by atoms with E-state index in [1.54, 1.807) is 11.8 Å². The Bertz CT molecular complexity index is 1680. The Balaban J connectivity index is 1.54. The van der Waals surface area contributed by atoms with E-state index in [2.05, 4.69) is 36.6 Å². The van der Waals surface area contributed by atoms with Crippen LogP contribution in [0.25, 0.3) is 0 Å². The molecule has 0 bridgehead atoms. The van der Waals surface area contributed by atoms with Crippen LogP contribution >= 0.6 is 11.8 Å². The zero-order valence-electron chi connectivity index (χ0n) is 26.4. The van der Waals surface area contributed by atoms with E-state index in [4.69, 9.17) is 19.6 Å². The molecule has 1 atom stereocenters. The van der Waals surface area contributed by atoms with Crippen LogP contribution in [0.1, 0.15) is 67.5 Å². The van der Waals surface area contributed by atoms with Gasteiger partial charge in [-0.15, -0.1) is 5.10 Å². The van der Waals surface area contributed by atoms with E-state index in [9.17, 15) is 4.79 Å². The van der Waals surface area contributed by atoms with Gasteiger partial charge in [0.1, 0.15) is 12.6 Å². The number of thioether (sulfide) groups is 1. The summed E-state index contributed by atoms with van der Waals surface area (Å²) in [5.74, 6) is 2.59. The monoisotopic (exact) mass is 611 g/mol. The molecular weight excluding hydrogens is 570 g/mol. The van der Waals surface area contributed by atoms with Gasteiger partial charge in [-0.2, -0.15) is 4.98 Å². The molecule has 230 valence electrons. The van der Waals surface area contributed by atoms with E-state index in [1.807, 2.05) is 80.9 Å². The first-order valence-electron chi connectivity index (χ1n) is 15.2. The summed E-state index contributed by atoms with van der Waals surface area (Å²) in [6, 6.07) is 19.4. The number of fused-ring (bicyclic) bond motifs is 1. The summed E-state index contributed by atoms with van der Waals surface area (Å²) in [6.07, 6.45) is 2.18. The van der Waals surface area contributed by atoms with E-state index < -0.39 is 6.04 Å². The predicted octanol–water partition coefficient (Wildman–Crippen LogP) is 8.00. The van der Waals surface area contributed by atoms with E-state index in [1.165, 1.54) is 5.56 Å². The lowest BCUT2D eigenvalue weighted by Crippen LogP contribution is -2.31. The molecule has 3 aromatic carbocycles. The topological polar surface area (TPSA) is 90.3 Å². The van der Waals surface area contributed by atoms with Crippen molar-refractivity contribution in [2.24, 2.45) is 0 Å². The number of aromatic nitrogens is 3. The summed E-state index contributed by atoms with van der Waals surface area (Å²) in [4.78, 5) is 18.9. The molecule has 8 nitrogen and oxygen atoms in total. The molecule has 1 unspecified atom stereocenters. The zero-order valence-corrected chi connectivity index (χ0v) is 27.2. The standard InChI is InChI=1S/C35H41N5O3S/c1-7-9-19-44-35-38-34-36-25(6)31(33(41)37-28-16-12-14-22(3)24(28)5)32(40(34)39-35)26-17-18-29(30(20-26)42-8-2)43-21-27-15-11-10-13-23(27)4/h10-18,20,32H,7-9,19,21H2,1-6H3,(H,37,41)(H,36,38,39). The molecule has 4 aromatic rings. The Kier molecular flexibility index (Phi) is 9.95. The first kappa shape index (κ1) is 31.2. The van der Waals surface area contributed by atoms with Crippen molar-refractivity contribution < 1.29 is 14.3 Å². The molecule has 1 aliphatic rings. The maximum atomic E-state index is 14.1. The van der Waals surface area contributed by atoms with Crippen molar-refractivity contribution >= 4 is 29.3 Å². The summed E-state index contributed by atoms with van der Waals surface area (Å²) < 4.78 is 14.2. The lowest BCUT2D eigenvalue weighted by molar-refractivity contribution is -0.113. The molecular formula is C35H41N5O3S. The molecule has 0 saturated heterocycles. The molecule has 1 aliphatic heterocycles. The fraction of sp³-hybridized carbons (Fsp3) is 0.343. The number of carbonyl (C=O) groups excluding carboxylic acids is 1. The summed E-state index contributed by atoms with van der Waals surface area (Å²) in [6.45, 7) is 13.1. The number of rotatable bonds is 12. The lowest BCUT2D eigenvalue weighted by atomic mass is 9.94. The molecule has 44 heavy (non-hydrogen) atoms. The number of benzene rings is 3. The van der Waals surface area contributed by atoms with E-state index >= 15 is 0 Å². The van der Waals surface area contributed by atoms with Crippen molar-refractivity contribution in [1.29, 1.82) is 0 Å². The van der Waals surface area contributed by atoms with Gasteiger partial charge in [-0.3, -0.25) is 4.79 Å². The van der Waals surface area contributed by atoms with Gasteiger partial charge in [0.05, 0.1) is 12.2 Å². The molecule has 0 radical (unpaired) electrons. The third-order valence-electron chi connectivity index (χ3n) is 7.89. The number of carbonyl (C=O) groups is 1. The zero-order chi connectivity index (χ0) is 31.2. The van der Waals surface area contributed by atoms with Crippen LogP contribution in [0.4, 0.5) is 11.6 Å². The molecule has 1 aromatic heterocycles. The highest BCUT2D eigenvalue weighted by Gasteiger charge is 2.35. The van der Waals surface area contributed by atoms with Crippen LogP contribution in [0, 0.1) is 20.8 Å². The second-order valence-electron chi connectivity index (χ2n) is 11.0. The van der Waals surface area contributed by atoms with Crippen LogP contribution < -0.4 is 20.1 Å². The number of anilines is 2. The Labute approximate surface area is 264 Å². The fourth-order valence-corrected chi connectivity index (χ4v) is 6.10. The Morgan fingerprint density at radius 1 is 0.977 bits per heavy atom. The van der Waals surface area contributed by atoms with Gasteiger partial charge >= 0.3 is 0 Å². The normalized spacial score (nSPS) is 14.2. The van der Waals surface area contributed by atoms with E-state index in [-0.39, 0.29) is 5.91 Å². The number of nitrogens with one attached hydrogen (secondary N) is 2. The highest BCUT2D eigenvalue weighted by molar-refractivity contribution is 7.99.